The van der Waals surface area contributed by atoms with Gasteiger partial charge >= 0.3 is 0 Å². The summed E-state index contributed by atoms with van der Waals surface area (Å²) in [6.07, 6.45) is -0.847. The van der Waals surface area contributed by atoms with Gasteiger partial charge in [-0.05, 0) is 19.1 Å². The number of hydrogen-bond donors (Lipinski definition) is 2. The summed E-state index contributed by atoms with van der Waals surface area (Å²) in [6, 6.07) is 6.50. The summed E-state index contributed by atoms with van der Waals surface area (Å²) in [5, 5.41) is 9.35. The van der Waals surface area contributed by atoms with Crippen LogP contribution in [0.1, 0.15) is 5.56 Å². The second-order valence-corrected chi connectivity index (χ2v) is 5.54. The number of benzene rings is 1. The van der Waals surface area contributed by atoms with Crippen LogP contribution in [0, 0.1) is 6.92 Å². The maximum atomic E-state index is 11.8. The molecule has 0 fully saturated rings. The third-order valence-electron chi connectivity index (χ3n) is 2.20. The second-order valence-electron chi connectivity index (χ2n) is 3.77. The average Bonchev–Trinajstić information content (AvgIpc) is 2.28. The van der Waals surface area contributed by atoms with Crippen molar-refractivity contribution in [3.63, 3.8) is 0 Å². The highest BCUT2D eigenvalue weighted by molar-refractivity contribution is 7.89. The Bertz CT molecular complexity index is 441. The predicted octanol–water partition coefficient (Wildman–Crippen LogP) is 0.281. The first-order valence-electron chi connectivity index (χ1n) is 5.19. The lowest BCUT2D eigenvalue weighted by atomic mass is 10.2. The normalized spacial score (nSPS) is 13.6. The van der Waals surface area contributed by atoms with Crippen molar-refractivity contribution in [2.24, 2.45) is 0 Å². The van der Waals surface area contributed by atoms with Crippen molar-refractivity contribution >= 4 is 10.0 Å². The number of rotatable bonds is 6. The molecule has 0 aliphatic carbocycles. The quantitative estimate of drug-likeness (QED) is 0.769. The topological polar surface area (TPSA) is 75.6 Å². The van der Waals surface area contributed by atoms with E-state index in [1.54, 1.807) is 12.1 Å². The molecule has 96 valence electrons. The molecular formula is C11H17NO4S. The highest BCUT2D eigenvalue weighted by Crippen LogP contribution is 2.09. The molecule has 1 aromatic rings. The number of aliphatic hydroxyl groups is 1. The number of methoxy groups -OCH3 is 1. The van der Waals surface area contributed by atoms with Crippen LogP contribution in [0.2, 0.25) is 0 Å². The summed E-state index contributed by atoms with van der Waals surface area (Å²) in [6.45, 7) is 1.91. The molecule has 0 aromatic heterocycles. The first kappa shape index (κ1) is 14.1. The average molecular weight is 259 g/mol. The zero-order valence-corrected chi connectivity index (χ0v) is 10.7. The number of hydrogen-bond acceptors (Lipinski definition) is 4. The van der Waals surface area contributed by atoms with Crippen molar-refractivity contribution in [2.45, 2.75) is 17.9 Å². The molecule has 6 heteroatoms. The van der Waals surface area contributed by atoms with Gasteiger partial charge in [0.15, 0.2) is 0 Å². The van der Waals surface area contributed by atoms with Crippen molar-refractivity contribution in [1.29, 1.82) is 0 Å². The van der Waals surface area contributed by atoms with E-state index >= 15 is 0 Å². The predicted molar refractivity (Wildman–Crippen MR) is 64.3 cm³/mol. The van der Waals surface area contributed by atoms with E-state index in [0.717, 1.165) is 5.56 Å². The monoisotopic (exact) mass is 259 g/mol. The molecule has 0 amide bonds. The third kappa shape index (κ3) is 4.43. The fourth-order valence-corrected chi connectivity index (χ4v) is 2.33. The Morgan fingerprint density at radius 2 is 1.94 bits per heavy atom. The minimum atomic E-state index is -3.56. The maximum absolute atomic E-state index is 11.8. The van der Waals surface area contributed by atoms with Gasteiger partial charge in [-0.15, -0.1) is 0 Å². The molecule has 0 spiro atoms. The highest BCUT2D eigenvalue weighted by Gasteiger charge is 2.15. The molecule has 0 aliphatic rings. The number of aryl methyl sites for hydroxylation is 1. The Balaban J connectivity index is 2.66. The molecule has 5 nitrogen and oxygen atoms in total. The molecule has 0 radical (unpaired) electrons. The first-order valence-corrected chi connectivity index (χ1v) is 6.67. The smallest absolute Gasteiger partial charge is 0.240 e. The SMILES string of the molecule is COCC(O)CNS(=O)(=O)c1ccc(C)cc1. The van der Waals surface area contributed by atoms with Crippen LogP contribution in [-0.4, -0.2) is 39.9 Å². The minimum Gasteiger partial charge on any atom is -0.389 e. The van der Waals surface area contributed by atoms with Crippen molar-refractivity contribution in [1.82, 2.24) is 4.72 Å². The molecule has 0 heterocycles. The Hall–Kier alpha value is -0.950. The summed E-state index contributed by atoms with van der Waals surface area (Å²) in [7, 11) is -2.11. The summed E-state index contributed by atoms with van der Waals surface area (Å²) in [4.78, 5) is 0.188. The van der Waals surface area contributed by atoms with Gasteiger partial charge in [0.2, 0.25) is 10.0 Å². The van der Waals surface area contributed by atoms with E-state index in [9.17, 15) is 13.5 Å². The first-order chi connectivity index (χ1) is 7.95. The van der Waals surface area contributed by atoms with Gasteiger partial charge in [-0.1, -0.05) is 17.7 Å². The van der Waals surface area contributed by atoms with Crippen molar-refractivity contribution < 1.29 is 18.3 Å². The number of sulfonamides is 1. The fraction of sp³-hybridized carbons (Fsp3) is 0.455. The van der Waals surface area contributed by atoms with Crippen LogP contribution in [0.3, 0.4) is 0 Å². The lowest BCUT2D eigenvalue weighted by Gasteiger charge is -2.11. The van der Waals surface area contributed by atoms with Gasteiger partial charge < -0.3 is 9.84 Å². The Kier molecular flexibility index (Phi) is 5.07. The molecule has 2 N–H and O–H groups in total. The maximum Gasteiger partial charge on any atom is 0.240 e. The molecule has 17 heavy (non-hydrogen) atoms. The lowest BCUT2D eigenvalue weighted by molar-refractivity contribution is 0.0679. The highest BCUT2D eigenvalue weighted by atomic mass is 32.2. The van der Waals surface area contributed by atoms with Crippen LogP contribution in [-0.2, 0) is 14.8 Å². The van der Waals surface area contributed by atoms with Crippen LogP contribution < -0.4 is 4.72 Å². The van der Waals surface area contributed by atoms with Crippen LogP contribution >= 0.6 is 0 Å². The standard InChI is InChI=1S/C11H17NO4S/c1-9-3-5-11(6-4-9)17(14,15)12-7-10(13)8-16-2/h3-6,10,12-13H,7-8H2,1-2H3. The largest absolute Gasteiger partial charge is 0.389 e. The Labute approximate surface area is 101 Å². The van der Waals surface area contributed by atoms with Crippen LogP contribution in [0.5, 0.6) is 0 Å². The van der Waals surface area contributed by atoms with Crippen molar-refractivity contribution in [2.75, 3.05) is 20.3 Å². The Morgan fingerprint density at radius 1 is 1.35 bits per heavy atom. The van der Waals surface area contributed by atoms with E-state index in [1.807, 2.05) is 6.92 Å². The number of nitrogens with one attached hydrogen (secondary N) is 1. The molecule has 1 aromatic carbocycles. The lowest BCUT2D eigenvalue weighted by Crippen LogP contribution is -2.34. The summed E-state index contributed by atoms with van der Waals surface area (Å²) >= 11 is 0. The van der Waals surface area contributed by atoms with Crippen LogP contribution in [0.15, 0.2) is 29.2 Å². The van der Waals surface area contributed by atoms with Gasteiger partial charge in [0.1, 0.15) is 0 Å². The zero-order chi connectivity index (χ0) is 12.9. The molecule has 1 atom stereocenters. The van der Waals surface area contributed by atoms with Gasteiger partial charge in [-0.3, -0.25) is 0 Å². The third-order valence-corrected chi connectivity index (χ3v) is 3.64. The van der Waals surface area contributed by atoms with E-state index < -0.39 is 16.1 Å². The van der Waals surface area contributed by atoms with Gasteiger partial charge in [-0.25, -0.2) is 13.1 Å². The number of ether oxygens (including phenoxy) is 1. The fourth-order valence-electron chi connectivity index (χ4n) is 1.26. The van der Waals surface area contributed by atoms with Gasteiger partial charge in [0.25, 0.3) is 0 Å². The Morgan fingerprint density at radius 3 is 2.47 bits per heavy atom. The molecule has 1 unspecified atom stereocenters. The van der Waals surface area contributed by atoms with E-state index in [4.69, 9.17) is 4.74 Å². The summed E-state index contributed by atoms with van der Waals surface area (Å²) in [5.41, 5.74) is 0.989. The van der Waals surface area contributed by atoms with Crippen LogP contribution in [0.4, 0.5) is 0 Å². The summed E-state index contributed by atoms with van der Waals surface area (Å²) in [5.74, 6) is 0. The summed E-state index contributed by atoms with van der Waals surface area (Å²) < 4.78 is 30.6. The van der Waals surface area contributed by atoms with Crippen molar-refractivity contribution in [3.8, 4) is 0 Å². The zero-order valence-electron chi connectivity index (χ0n) is 9.88. The van der Waals surface area contributed by atoms with E-state index in [1.165, 1.54) is 19.2 Å². The molecular weight excluding hydrogens is 242 g/mol. The number of aliphatic hydroxyl groups excluding tert-OH is 1. The molecule has 0 saturated carbocycles. The van der Waals surface area contributed by atoms with Gasteiger partial charge in [-0.2, -0.15) is 0 Å². The van der Waals surface area contributed by atoms with Gasteiger partial charge in [0, 0.05) is 13.7 Å². The molecule has 0 aliphatic heterocycles. The molecule has 0 saturated heterocycles. The molecule has 1 rings (SSSR count). The molecule has 0 bridgehead atoms. The second kappa shape index (κ2) is 6.11. The van der Waals surface area contributed by atoms with E-state index in [0.29, 0.717) is 0 Å². The minimum absolute atomic E-state index is 0.0654. The van der Waals surface area contributed by atoms with E-state index in [2.05, 4.69) is 4.72 Å². The van der Waals surface area contributed by atoms with E-state index in [-0.39, 0.29) is 18.0 Å². The van der Waals surface area contributed by atoms with Crippen molar-refractivity contribution in [3.05, 3.63) is 29.8 Å². The van der Waals surface area contributed by atoms with Crippen LogP contribution in [0.25, 0.3) is 0 Å². The van der Waals surface area contributed by atoms with Gasteiger partial charge in [0.05, 0.1) is 17.6 Å².